The lowest BCUT2D eigenvalue weighted by Crippen LogP contribution is -2.20. The first kappa shape index (κ1) is 13.1. The maximum atomic E-state index is 4.79. The molecule has 0 aliphatic heterocycles. The maximum Gasteiger partial charge on any atom is 0.212 e. The summed E-state index contributed by atoms with van der Waals surface area (Å²) in [5, 5.41) is 6.02. The molecule has 0 amide bonds. The van der Waals surface area contributed by atoms with Gasteiger partial charge in [0.05, 0.1) is 11.4 Å². The van der Waals surface area contributed by atoms with E-state index in [1.54, 1.807) is 11.3 Å². The minimum Gasteiger partial charge on any atom is -0.222 e. The van der Waals surface area contributed by atoms with Crippen LogP contribution in [-0.2, 0) is 19.3 Å². The highest BCUT2D eigenvalue weighted by Crippen LogP contribution is 2.32. The molecule has 1 aliphatic carbocycles. The van der Waals surface area contributed by atoms with Crippen LogP contribution < -0.4 is 0 Å². The first-order valence-corrected chi connectivity index (χ1v) is 8.22. The number of aryl methyl sites for hydroxylation is 1. The highest BCUT2D eigenvalue weighted by Gasteiger charge is 2.26. The zero-order valence-electron chi connectivity index (χ0n) is 12.3. The first-order chi connectivity index (χ1) is 9.04. The van der Waals surface area contributed by atoms with Crippen molar-refractivity contribution in [3.8, 4) is 0 Å². The van der Waals surface area contributed by atoms with Crippen molar-refractivity contribution in [1.29, 1.82) is 0 Å². The van der Waals surface area contributed by atoms with Gasteiger partial charge in [-0.05, 0) is 37.0 Å². The highest BCUT2D eigenvalue weighted by atomic mass is 32.1. The van der Waals surface area contributed by atoms with E-state index in [0.717, 1.165) is 36.1 Å². The molecule has 0 fully saturated rings. The predicted octanol–water partition coefficient (Wildman–Crippen LogP) is 3.75. The third-order valence-electron chi connectivity index (χ3n) is 4.15. The molecule has 0 radical (unpaired) electrons. The molecule has 2 heterocycles. The minimum atomic E-state index is 0.662. The standard InChI is InChI=1S/C15H23N3S/c1-9(2)7-14-17-18-13-8-11(10(3)4)5-6-12(13)16-15(18)19-14/h9-11H,5-8H2,1-4H3. The molecule has 0 N–H and O–H groups in total. The number of nitrogens with zero attached hydrogens (tertiary/aromatic N) is 3. The molecule has 0 saturated carbocycles. The van der Waals surface area contributed by atoms with Crippen molar-refractivity contribution < 1.29 is 0 Å². The van der Waals surface area contributed by atoms with Gasteiger partial charge < -0.3 is 0 Å². The van der Waals surface area contributed by atoms with Crippen molar-refractivity contribution in [3.63, 3.8) is 0 Å². The van der Waals surface area contributed by atoms with Crippen molar-refractivity contribution in [3.05, 3.63) is 16.4 Å². The Labute approximate surface area is 119 Å². The Morgan fingerprint density at radius 3 is 2.79 bits per heavy atom. The predicted molar refractivity (Wildman–Crippen MR) is 79.8 cm³/mol. The van der Waals surface area contributed by atoms with Crippen molar-refractivity contribution in [1.82, 2.24) is 14.6 Å². The molecule has 1 unspecified atom stereocenters. The molecule has 2 aromatic heterocycles. The summed E-state index contributed by atoms with van der Waals surface area (Å²) in [6.45, 7) is 9.15. The van der Waals surface area contributed by atoms with Gasteiger partial charge >= 0.3 is 0 Å². The fourth-order valence-corrected chi connectivity index (χ4v) is 4.09. The van der Waals surface area contributed by atoms with Crippen molar-refractivity contribution in [2.45, 2.75) is 53.4 Å². The Hall–Kier alpha value is -0.900. The maximum absolute atomic E-state index is 4.79. The molecule has 19 heavy (non-hydrogen) atoms. The molecule has 104 valence electrons. The topological polar surface area (TPSA) is 30.2 Å². The zero-order chi connectivity index (χ0) is 13.6. The summed E-state index contributed by atoms with van der Waals surface area (Å²) < 4.78 is 2.13. The van der Waals surface area contributed by atoms with Crippen LogP contribution in [0.15, 0.2) is 0 Å². The van der Waals surface area contributed by atoms with Gasteiger partial charge in [0.1, 0.15) is 5.01 Å². The molecule has 0 bridgehead atoms. The molecule has 0 saturated heterocycles. The summed E-state index contributed by atoms with van der Waals surface area (Å²) in [7, 11) is 0. The van der Waals surface area contributed by atoms with Crippen LogP contribution in [0.2, 0.25) is 0 Å². The Morgan fingerprint density at radius 1 is 1.32 bits per heavy atom. The molecular formula is C15H23N3S. The zero-order valence-corrected chi connectivity index (χ0v) is 13.1. The van der Waals surface area contributed by atoms with Gasteiger partial charge in [0.25, 0.3) is 0 Å². The van der Waals surface area contributed by atoms with E-state index in [-0.39, 0.29) is 0 Å². The normalized spacial score (nSPS) is 19.6. The van der Waals surface area contributed by atoms with Gasteiger partial charge in [-0.3, -0.25) is 0 Å². The van der Waals surface area contributed by atoms with Gasteiger partial charge in [-0.2, -0.15) is 5.10 Å². The van der Waals surface area contributed by atoms with Gasteiger partial charge in [0, 0.05) is 6.42 Å². The minimum absolute atomic E-state index is 0.662. The van der Waals surface area contributed by atoms with E-state index >= 15 is 0 Å². The lowest BCUT2D eigenvalue weighted by molar-refractivity contribution is 0.336. The Morgan fingerprint density at radius 2 is 2.11 bits per heavy atom. The number of rotatable bonds is 3. The lowest BCUT2D eigenvalue weighted by Gasteiger charge is -2.24. The van der Waals surface area contributed by atoms with Crippen LogP contribution in [-0.4, -0.2) is 14.6 Å². The number of hydrogen-bond acceptors (Lipinski definition) is 3. The van der Waals surface area contributed by atoms with Crippen molar-refractivity contribution in [2.75, 3.05) is 0 Å². The van der Waals surface area contributed by atoms with E-state index in [1.165, 1.54) is 22.8 Å². The fraction of sp³-hybridized carbons (Fsp3) is 0.733. The van der Waals surface area contributed by atoms with Crippen LogP contribution in [0.5, 0.6) is 0 Å². The van der Waals surface area contributed by atoms with E-state index < -0.39 is 0 Å². The summed E-state index contributed by atoms with van der Waals surface area (Å²) in [5.41, 5.74) is 2.68. The number of hydrogen-bond donors (Lipinski definition) is 0. The van der Waals surface area contributed by atoms with Crippen LogP contribution in [0.25, 0.3) is 4.96 Å². The lowest BCUT2D eigenvalue weighted by atomic mass is 9.82. The van der Waals surface area contributed by atoms with Crippen LogP contribution in [0.3, 0.4) is 0 Å². The summed E-state index contributed by atoms with van der Waals surface area (Å²) in [5.74, 6) is 2.21. The summed E-state index contributed by atoms with van der Waals surface area (Å²) in [6, 6.07) is 0. The monoisotopic (exact) mass is 277 g/mol. The van der Waals surface area contributed by atoms with Crippen LogP contribution in [0.4, 0.5) is 0 Å². The van der Waals surface area contributed by atoms with Crippen molar-refractivity contribution in [2.24, 2.45) is 17.8 Å². The summed E-state index contributed by atoms with van der Waals surface area (Å²) >= 11 is 1.77. The SMILES string of the molecule is CC(C)Cc1nn2c3c(nc2s1)CCC(C(C)C)C3. The van der Waals surface area contributed by atoms with Gasteiger partial charge in [-0.25, -0.2) is 9.50 Å². The van der Waals surface area contributed by atoms with Crippen molar-refractivity contribution >= 4 is 16.3 Å². The molecule has 4 heteroatoms. The molecule has 3 nitrogen and oxygen atoms in total. The summed E-state index contributed by atoms with van der Waals surface area (Å²) in [6.07, 6.45) is 4.64. The Bertz CT molecular complexity index is 579. The molecule has 0 aromatic carbocycles. The number of aromatic nitrogens is 3. The van der Waals surface area contributed by atoms with Crippen LogP contribution in [0, 0.1) is 17.8 Å². The number of imidazole rings is 1. The average molecular weight is 277 g/mol. The Kier molecular flexibility index (Phi) is 3.37. The highest BCUT2D eigenvalue weighted by molar-refractivity contribution is 7.16. The third-order valence-corrected chi connectivity index (χ3v) is 5.09. The van der Waals surface area contributed by atoms with Gasteiger partial charge in [-0.1, -0.05) is 39.0 Å². The third kappa shape index (κ3) is 2.42. The second kappa shape index (κ2) is 4.89. The molecule has 2 aromatic rings. The second-order valence-corrected chi connectivity index (χ2v) is 7.58. The molecular weight excluding hydrogens is 254 g/mol. The first-order valence-electron chi connectivity index (χ1n) is 7.40. The van der Waals surface area contributed by atoms with E-state index in [2.05, 4.69) is 32.2 Å². The molecule has 0 spiro atoms. The van der Waals surface area contributed by atoms with Crippen LogP contribution >= 0.6 is 11.3 Å². The van der Waals surface area contributed by atoms with E-state index in [0.29, 0.717) is 5.92 Å². The Balaban J connectivity index is 1.94. The molecule has 1 atom stereocenters. The smallest absolute Gasteiger partial charge is 0.212 e. The van der Waals surface area contributed by atoms with Gasteiger partial charge in [-0.15, -0.1) is 0 Å². The fourth-order valence-electron chi connectivity index (χ4n) is 2.95. The second-order valence-electron chi connectivity index (χ2n) is 6.54. The number of fused-ring (bicyclic) bond motifs is 3. The van der Waals surface area contributed by atoms with E-state index in [4.69, 9.17) is 10.1 Å². The van der Waals surface area contributed by atoms with Gasteiger partial charge in [0.15, 0.2) is 0 Å². The quantitative estimate of drug-likeness (QED) is 0.855. The molecule has 1 aliphatic rings. The van der Waals surface area contributed by atoms with E-state index in [1.807, 2.05) is 0 Å². The largest absolute Gasteiger partial charge is 0.222 e. The van der Waals surface area contributed by atoms with Crippen LogP contribution in [0.1, 0.15) is 50.5 Å². The average Bonchev–Trinajstić information content (AvgIpc) is 2.84. The van der Waals surface area contributed by atoms with Gasteiger partial charge in [0.2, 0.25) is 4.96 Å². The molecule has 3 rings (SSSR count). The van der Waals surface area contributed by atoms with E-state index in [9.17, 15) is 0 Å². The summed E-state index contributed by atoms with van der Waals surface area (Å²) in [4.78, 5) is 5.90.